The maximum atomic E-state index is 11.6. The molecule has 1 unspecified atom stereocenters. The van der Waals surface area contributed by atoms with Gasteiger partial charge in [0, 0.05) is 26.1 Å². The molecule has 1 aromatic rings. The zero-order valence-corrected chi connectivity index (χ0v) is 11.7. The SMILES string of the molecule is CCCCC(=O)OC1CCN(Cc2ccccc2)C1. The summed E-state index contributed by atoms with van der Waals surface area (Å²) in [5.74, 6) is -0.0339. The molecule has 104 valence electrons. The minimum Gasteiger partial charge on any atom is -0.461 e. The number of rotatable bonds is 6. The van der Waals surface area contributed by atoms with E-state index in [0.717, 1.165) is 38.9 Å². The molecule has 0 aromatic heterocycles. The van der Waals surface area contributed by atoms with Gasteiger partial charge in [-0.05, 0) is 18.4 Å². The highest BCUT2D eigenvalue weighted by atomic mass is 16.5. The van der Waals surface area contributed by atoms with Crippen molar-refractivity contribution in [3.63, 3.8) is 0 Å². The number of unbranched alkanes of at least 4 members (excludes halogenated alkanes) is 1. The van der Waals surface area contributed by atoms with Crippen LogP contribution in [0.25, 0.3) is 0 Å². The lowest BCUT2D eigenvalue weighted by Gasteiger charge is -2.16. The lowest BCUT2D eigenvalue weighted by atomic mass is 10.2. The second-order valence-corrected chi connectivity index (χ2v) is 5.22. The molecule has 1 aliphatic rings. The Morgan fingerprint density at radius 2 is 2.16 bits per heavy atom. The molecule has 0 radical (unpaired) electrons. The van der Waals surface area contributed by atoms with E-state index in [1.54, 1.807) is 0 Å². The Bertz CT molecular complexity index is 391. The van der Waals surface area contributed by atoms with Crippen molar-refractivity contribution in [3.05, 3.63) is 35.9 Å². The average molecular weight is 261 g/mol. The van der Waals surface area contributed by atoms with E-state index in [2.05, 4.69) is 36.1 Å². The van der Waals surface area contributed by atoms with Crippen molar-refractivity contribution in [1.29, 1.82) is 0 Å². The normalized spacial score (nSPS) is 19.5. The molecule has 0 amide bonds. The zero-order valence-electron chi connectivity index (χ0n) is 11.7. The molecular weight excluding hydrogens is 238 g/mol. The van der Waals surface area contributed by atoms with E-state index in [9.17, 15) is 4.79 Å². The van der Waals surface area contributed by atoms with Crippen LogP contribution >= 0.6 is 0 Å². The van der Waals surface area contributed by atoms with Gasteiger partial charge in [0.05, 0.1) is 0 Å². The fourth-order valence-electron chi connectivity index (χ4n) is 2.44. The number of nitrogens with zero attached hydrogens (tertiary/aromatic N) is 1. The van der Waals surface area contributed by atoms with Crippen LogP contribution < -0.4 is 0 Å². The molecule has 1 heterocycles. The molecule has 0 N–H and O–H groups in total. The predicted molar refractivity (Wildman–Crippen MR) is 75.7 cm³/mol. The lowest BCUT2D eigenvalue weighted by molar-refractivity contribution is -0.148. The first kappa shape index (κ1) is 14.1. The van der Waals surface area contributed by atoms with Crippen LogP contribution in [0.4, 0.5) is 0 Å². The number of carbonyl (C=O) groups is 1. The summed E-state index contributed by atoms with van der Waals surface area (Å²) < 4.78 is 5.50. The highest BCUT2D eigenvalue weighted by molar-refractivity contribution is 5.69. The molecule has 1 aliphatic heterocycles. The van der Waals surface area contributed by atoms with Gasteiger partial charge in [-0.2, -0.15) is 0 Å². The monoisotopic (exact) mass is 261 g/mol. The molecule has 0 aliphatic carbocycles. The summed E-state index contributed by atoms with van der Waals surface area (Å²) in [7, 11) is 0. The van der Waals surface area contributed by atoms with Crippen LogP contribution in [-0.2, 0) is 16.1 Å². The Hall–Kier alpha value is -1.35. The first-order chi connectivity index (χ1) is 9.28. The quantitative estimate of drug-likeness (QED) is 0.737. The Morgan fingerprint density at radius 1 is 1.37 bits per heavy atom. The highest BCUT2D eigenvalue weighted by Crippen LogP contribution is 2.16. The van der Waals surface area contributed by atoms with E-state index in [0.29, 0.717) is 6.42 Å². The standard InChI is InChI=1S/C16H23NO2/c1-2-3-9-16(18)19-15-10-11-17(13-15)12-14-7-5-4-6-8-14/h4-8,15H,2-3,9-13H2,1H3. The van der Waals surface area contributed by atoms with Crippen LogP contribution in [0.3, 0.4) is 0 Å². The van der Waals surface area contributed by atoms with Gasteiger partial charge in [0.15, 0.2) is 0 Å². The smallest absolute Gasteiger partial charge is 0.306 e. The van der Waals surface area contributed by atoms with Gasteiger partial charge in [0.2, 0.25) is 0 Å². The summed E-state index contributed by atoms with van der Waals surface area (Å²) in [6.45, 7) is 4.92. The van der Waals surface area contributed by atoms with Gasteiger partial charge in [0.25, 0.3) is 0 Å². The fourth-order valence-corrected chi connectivity index (χ4v) is 2.44. The molecule has 3 nitrogen and oxygen atoms in total. The summed E-state index contributed by atoms with van der Waals surface area (Å²) in [6, 6.07) is 10.4. The number of esters is 1. The Morgan fingerprint density at radius 3 is 2.89 bits per heavy atom. The molecule has 19 heavy (non-hydrogen) atoms. The van der Waals surface area contributed by atoms with E-state index < -0.39 is 0 Å². The predicted octanol–water partition coefficient (Wildman–Crippen LogP) is 2.99. The highest BCUT2D eigenvalue weighted by Gasteiger charge is 2.25. The minimum atomic E-state index is -0.0339. The van der Waals surface area contributed by atoms with E-state index >= 15 is 0 Å². The Balaban J connectivity index is 1.72. The molecular formula is C16H23NO2. The molecule has 1 atom stereocenters. The van der Waals surface area contributed by atoms with Crippen LogP contribution in [0.15, 0.2) is 30.3 Å². The fraction of sp³-hybridized carbons (Fsp3) is 0.562. The summed E-state index contributed by atoms with van der Waals surface area (Å²) in [5, 5.41) is 0. The summed E-state index contributed by atoms with van der Waals surface area (Å²) in [4.78, 5) is 13.9. The van der Waals surface area contributed by atoms with Crippen molar-refractivity contribution in [2.75, 3.05) is 13.1 Å². The second kappa shape index (κ2) is 7.29. The van der Waals surface area contributed by atoms with Gasteiger partial charge in [-0.15, -0.1) is 0 Å². The number of hydrogen-bond donors (Lipinski definition) is 0. The maximum Gasteiger partial charge on any atom is 0.306 e. The van der Waals surface area contributed by atoms with E-state index in [1.807, 2.05) is 6.07 Å². The number of likely N-dealkylation sites (tertiary alicyclic amines) is 1. The average Bonchev–Trinajstić information content (AvgIpc) is 2.85. The zero-order chi connectivity index (χ0) is 13.5. The van der Waals surface area contributed by atoms with E-state index in [-0.39, 0.29) is 12.1 Å². The van der Waals surface area contributed by atoms with Gasteiger partial charge in [-0.1, -0.05) is 43.7 Å². The van der Waals surface area contributed by atoms with Gasteiger partial charge in [0.1, 0.15) is 6.10 Å². The van der Waals surface area contributed by atoms with Crippen molar-refractivity contribution in [2.45, 2.75) is 45.3 Å². The first-order valence-corrected chi connectivity index (χ1v) is 7.23. The van der Waals surface area contributed by atoms with Crippen LogP contribution in [0.5, 0.6) is 0 Å². The van der Waals surface area contributed by atoms with Crippen LogP contribution in [0.2, 0.25) is 0 Å². The molecule has 1 aromatic carbocycles. The molecule has 1 fully saturated rings. The number of carbonyl (C=O) groups excluding carboxylic acids is 1. The largest absolute Gasteiger partial charge is 0.461 e. The number of ether oxygens (including phenoxy) is 1. The molecule has 0 bridgehead atoms. The minimum absolute atomic E-state index is 0.0339. The topological polar surface area (TPSA) is 29.5 Å². The molecule has 1 saturated heterocycles. The van der Waals surface area contributed by atoms with Crippen LogP contribution in [0, 0.1) is 0 Å². The van der Waals surface area contributed by atoms with Crippen molar-refractivity contribution >= 4 is 5.97 Å². The van der Waals surface area contributed by atoms with E-state index in [1.165, 1.54) is 5.56 Å². The Kier molecular flexibility index (Phi) is 5.40. The van der Waals surface area contributed by atoms with Crippen molar-refractivity contribution < 1.29 is 9.53 Å². The number of hydrogen-bond acceptors (Lipinski definition) is 3. The van der Waals surface area contributed by atoms with Crippen molar-refractivity contribution in [3.8, 4) is 0 Å². The van der Waals surface area contributed by atoms with Gasteiger partial charge in [-0.25, -0.2) is 0 Å². The number of benzene rings is 1. The molecule has 2 rings (SSSR count). The third kappa shape index (κ3) is 4.67. The van der Waals surface area contributed by atoms with Crippen LogP contribution in [-0.4, -0.2) is 30.1 Å². The summed E-state index contributed by atoms with van der Waals surface area (Å²) in [6.07, 6.45) is 3.59. The van der Waals surface area contributed by atoms with E-state index in [4.69, 9.17) is 4.74 Å². The van der Waals surface area contributed by atoms with Crippen molar-refractivity contribution in [2.24, 2.45) is 0 Å². The second-order valence-electron chi connectivity index (χ2n) is 5.22. The molecule has 0 spiro atoms. The van der Waals surface area contributed by atoms with Gasteiger partial charge < -0.3 is 4.74 Å². The van der Waals surface area contributed by atoms with Crippen molar-refractivity contribution in [1.82, 2.24) is 4.90 Å². The van der Waals surface area contributed by atoms with Gasteiger partial charge in [-0.3, -0.25) is 9.69 Å². The first-order valence-electron chi connectivity index (χ1n) is 7.23. The third-order valence-electron chi connectivity index (χ3n) is 3.51. The Labute approximate surface area is 115 Å². The van der Waals surface area contributed by atoms with Gasteiger partial charge >= 0.3 is 5.97 Å². The molecule has 3 heteroatoms. The summed E-state index contributed by atoms with van der Waals surface area (Å²) in [5.41, 5.74) is 1.32. The van der Waals surface area contributed by atoms with Crippen LogP contribution in [0.1, 0.15) is 38.2 Å². The maximum absolute atomic E-state index is 11.6. The lowest BCUT2D eigenvalue weighted by Crippen LogP contribution is -2.24. The third-order valence-corrected chi connectivity index (χ3v) is 3.51. The molecule has 0 saturated carbocycles. The summed E-state index contributed by atoms with van der Waals surface area (Å²) >= 11 is 0.